The number of thiophene rings is 1. The first-order chi connectivity index (χ1) is 10.6. The highest BCUT2D eigenvalue weighted by Crippen LogP contribution is 2.29. The SMILES string of the molecule is CC[C@@](C)(NCc1ncc(-c2cccs2)o1)c1nc(C)cs1. The first-order valence-electron chi connectivity index (χ1n) is 7.27. The van der Waals surface area contributed by atoms with Crippen LogP contribution in [0.2, 0.25) is 0 Å². The molecule has 22 heavy (non-hydrogen) atoms. The summed E-state index contributed by atoms with van der Waals surface area (Å²) in [5.74, 6) is 1.53. The molecule has 0 aliphatic carbocycles. The highest BCUT2D eigenvalue weighted by molar-refractivity contribution is 7.13. The van der Waals surface area contributed by atoms with Crippen molar-refractivity contribution in [1.82, 2.24) is 15.3 Å². The van der Waals surface area contributed by atoms with Crippen LogP contribution in [0.4, 0.5) is 0 Å². The van der Waals surface area contributed by atoms with Crippen LogP contribution in [0.25, 0.3) is 10.6 Å². The van der Waals surface area contributed by atoms with Crippen LogP contribution in [0.3, 0.4) is 0 Å². The van der Waals surface area contributed by atoms with Crippen molar-refractivity contribution >= 4 is 22.7 Å². The van der Waals surface area contributed by atoms with E-state index in [-0.39, 0.29) is 5.54 Å². The Morgan fingerprint density at radius 3 is 2.86 bits per heavy atom. The minimum absolute atomic E-state index is 0.156. The average molecular weight is 333 g/mol. The fourth-order valence-electron chi connectivity index (χ4n) is 2.15. The lowest BCUT2D eigenvalue weighted by Crippen LogP contribution is -2.38. The van der Waals surface area contributed by atoms with Crippen LogP contribution >= 0.6 is 22.7 Å². The molecule has 1 N–H and O–H groups in total. The number of nitrogens with zero attached hydrogens (tertiary/aromatic N) is 2. The number of aryl methyl sites for hydroxylation is 1. The fourth-order valence-corrected chi connectivity index (χ4v) is 3.83. The van der Waals surface area contributed by atoms with Crippen molar-refractivity contribution in [2.75, 3.05) is 0 Å². The van der Waals surface area contributed by atoms with Crippen molar-refractivity contribution in [3.05, 3.63) is 45.7 Å². The molecular formula is C16H19N3OS2. The maximum absolute atomic E-state index is 5.83. The van der Waals surface area contributed by atoms with Gasteiger partial charge in [0.15, 0.2) is 5.76 Å². The van der Waals surface area contributed by atoms with E-state index in [1.165, 1.54) is 0 Å². The summed E-state index contributed by atoms with van der Waals surface area (Å²) >= 11 is 3.35. The Balaban J connectivity index is 1.71. The number of nitrogens with one attached hydrogen (secondary N) is 1. The molecule has 4 nitrogen and oxygen atoms in total. The molecule has 0 saturated heterocycles. The third-order valence-electron chi connectivity index (χ3n) is 3.75. The van der Waals surface area contributed by atoms with Crippen molar-refractivity contribution < 1.29 is 4.42 Å². The molecule has 0 fully saturated rings. The van der Waals surface area contributed by atoms with Crippen LogP contribution < -0.4 is 5.32 Å². The van der Waals surface area contributed by atoms with E-state index in [9.17, 15) is 0 Å². The molecule has 6 heteroatoms. The van der Waals surface area contributed by atoms with Crippen LogP contribution in [0.5, 0.6) is 0 Å². The van der Waals surface area contributed by atoms with Gasteiger partial charge in [0.25, 0.3) is 0 Å². The zero-order valence-electron chi connectivity index (χ0n) is 12.9. The van der Waals surface area contributed by atoms with Gasteiger partial charge in [-0.05, 0) is 31.7 Å². The largest absolute Gasteiger partial charge is 0.438 e. The molecule has 0 saturated carbocycles. The van der Waals surface area contributed by atoms with Crippen molar-refractivity contribution in [1.29, 1.82) is 0 Å². The number of thiazole rings is 1. The van der Waals surface area contributed by atoms with Crippen molar-refractivity contribution in [3.63, 3.8) is 0 Å². The van der Waals surface area contributed by atoms with E-state index in [0.29, 0.717) is 12.4 Å². The van der Waals surface area contributed by atoms with Gasteiger partial charge >= 0.3 is 0 Å². The molecule has 0 radical (unpaired) electrons. The lowest BCUT2D eigenvalue weighted by atomic mass is 10.00. The first-order valence-corrected chi connectivity index (χ1v) is 9.03. The number of aromatic nitrogens is 2. The standard InChI is InChI=1S/C16H19N3OS2/c1-4-16(3,15-19-11(2)10-22-15)18-9-14-17-8-12(20-14)13-6-5-7-21-13/h5-8,10,18H,4,9H2,1-3H3/t16-/m1/s1. The van der Waals surface area contributed by atoms with Gasteiger partial charge in [-0.3, -0.25) is 5.32 Å². The monoisotopic (exact) mass is 333 g/mol. The summed E-state index contributed by atoms with van der Waals surface area (Å²) in [6.45, 7) is 6.95. The van der Waals surface area contributed by atoms with Crippen LogP contribution in [-0.4, -0.2) is 9.97 Å². The Bertz CT molecular complexity index is 732. The van der Waals surface area contributed by atoms with Gasteiger partial charge in [0.1, 0.15) is 5.01 Å². The zero-order valence-corrected chi connectivity index (χ0v) is 14.6. The van der Waals surface area contributed by atoms with E-state index in [1.54, 1.807) is 28.9 Å². The van der Waals surface area contributed by atoms with Crippen LogP contribution in [0, 0.1) is 6.92 Å². The topological polar surface area (TPSA) is 51.0 Å². The second kappa shape index (κ2) is 6.32. The molecule has 3 heterocycles. The van der Waals surface area contributed by atoms with Crippen molar-refractivity contribution in [2.45, 2.75) is 39.3 Å². The molecule has 3 rings (SSSR count). The van der Waals surface area contributed by atoms with E-state index < -0.39 is 0 Å². The molecule has 1 atom stereocenters. The normalized spacial score (nSPS) is 14.1. The Labute approximate surface area is 138 Å². The van der Waals surface area contributed by atoms with Gasteiger partial charge in [-0.25, -0.2) is 9.97 Å². The second-order valence-electron chi connectivity index (χ2n) is 5.43. The maximum Gasteiger partial charge on any atom is 0.208 e. The van der Waals surface area contributed by atoms with Gasteiger partial charge in [-0.2, -0.15) is 0 Å². The Kier molecular flexibility index (Phi) is 4.42. The van der Waals surface area contributed by atoms with Crippen molar-refractivity contribution in [3.8, 4) is 10.6 Å². The summed E-state index contributed by atoms with van der Waals surface area (Å²) in [7, 11) is 0. The number of hydrogen-bond donors (Lipinski definition) is 1. The summed E-state index contributed by atoms with van der Waals surface area (Å²) in [6.07, 6.45) is 2.75. The Morgan fingerprint density at radius 2 is 2.23 bits per heavy atom. The predicted molar refractivity (Wildman–Crippen MR) is 91.1 cm³/mol. The van der Waals surface area contributed by atoms with Gasteiger partial charge in [-0.15, -0.1) is 22.7 Å². The van der Waals surface area contributed by atoms with Crippen LogP contribution in [0.1, 0.15) is 36.9 Å². The Hall–Kier alpha value is -1.50. The van der Waals surface area contributed by atoms with Crippen molar-refractivity contribution in [2.24, 2.45) is 0 Å². The van der Waals surface area contributed by atoms with Crippen LogP contribution in [-0.2, 0) is 12.1 Å². The molecule has 0 aromatic carbocycles. The zero-order chi connectivity index (χ0) is 15.6. The fraction of sp³-hybridized carbons (Fsp3) is 0.375. The van der Waals surface area contributed by atoms with Crippen LogP contribution in [0.15, 0.2) is 33.5 Å². The highest BCUT2D eigenvalue weighted by atomic mass is 32.1. The molecule has 0 spiro atoms. The van der Waals surface area contributed by atoms with E-state index >= 15 is 0 Å². The highest BCUT2D eigenvalue weighted by Gasteiger charge is 2.27. The molecule has 3 aromatic rings. The first kappa shape index (κ1) is 15.4. The lowest BCUT2D eigenvalue weighted by molar-refractivity contribution is 0.327. The molecule has 0 bridgehead atoms. The second-order valence-corrected chi connectivity index (χ2v) is 7.23. The summed E-state index contributed by atoms with van der Waals surface area (Å²) < 4.78 is 5.83. The summed E-state index contributed by atoms with van der Waals surface area (Å²) in [4.78, 5) is 10.1. The van der Waals surface area contributed by atoms with E-state index in [4.69, 9.17) is 4.42 Å². The molecule has 3 aromatic heterocycles. The summed E-state index contributed by atoms with van der Waals surface area (Å²) in [5.41, 5.74) is 0.911. The van der Waals surface area contributed by atoms with E-state index in [1.807, 2.05) is 24.4 Å². The lowest BCUT2D eigenvalue weighted by Gasteiger charge is -2.26. The quantitative estimate of drug-likeness (QED) is 0.717. The van der Waals surface area contributed by atoms with E-state index in [2.05, 4.69) is 34.5 Å². The van der Waals surface area contributed by atoms with Gasteiger partial charge in [0.05, 0.1) is 23.2 Å². The van der Waals surface area contributed by atoms with Gasteiger partial charge in [0.2, 0.25) is 5.89 Å². The third kappa shape index (κ3) is 3.14. The maximum atomic E-state index is 5.83. The Morgan fingerprint density at radius 1 is 1.36 bits per heavy atom. The molecule has 0 unspecified atom stereocenters. The van der Waals surface area contributed by atoms with Gasteiger partial charge in [0, 0.05) is 11.1 Å². The predicted octanol–water partition coefficient (Wildman–Crippen LogP) is 4.58. The van der Waals surface area contributed by atoms with Gasteiger partial charge in [-0.1, -0.05) is 13.0 Å². The summed E-state index contributed by atoms with van der Waals surface area (Å²) in [6, 6.07) is 4.05. The van der Waals surface area contributed by atoms with Gasteiger partial charge < -0.3 is 4.42 Å². The third-order valence-corrected chi connectivity index (χ3v) is 5.85. The minimum atomic E-state index is -0.156. The number of hydrogen-bond acceptors (Lipinski definition) is 6. The molecule has 0 aliphatic rings. The molecule has 0 amide bonds. The molecule has 0 aliphatic heterocycles. The smallest absolute Gasteiger partial charge is 0.208 e. The number of rotatable bonds is 6. The summed E-state index contributed by atoms with van der Waals surface area (Å²) in [5, 5.41) is 8.78. The number of oxazole rings is 1. The molecule has 116 valence electrons. The minimum Gasteiger partial charge on any atom is -0.438 e. The molecular weight excluding hydrogens is 314 g/mol. The van der Waals surface area contributed by atoms with E-state index in [0.717, 1.165) is 27.8 Å². The average Bonchev–Trinajstić information content (AvgIpc) is 3.25.